The lowest BCUT2D eigenvalue weighted by Gasteiger charge is -2.26. The number of imidazole rings is 1. The maximum Gasteiger partial charge on any atom is 0.264 e. The van der Waals surface area contributed by atoms with Crippen LogP contribution in [0, 0.1) is 11.8 Å². The second kappa shape index (κ2) is 9.63. The third-order valence-corrected chi connectivity index (χ3v) is 7.93. The minimum atomic E-state index is -3.71. The van der Waals surface area contributed by atoms with Gasteiger partial charge in [0.2, 0.25) is 0 Å². The molecule has 1 fully saturated rings. The molecule has 3 aromatic rings. The SMILES string of the molecule is CCc1ccc(N(CC(C)C)S(=O)(=O)c2ccc3c(c2)ncn3CC2CCOCC2)cc1. The topological polar surface area (TPSA) is 64.4 Å². The van der Waals surface area contributed by atoms with Gasteiger partial charge >= 0.3 is 0 Å². The Morgan fingerprint density at radius 2 is 1.84 bits per heavy atom. The minimum Gasteiger partial charge on any atom is -0.381 e. The molecule has 2 heterocycles. The van der Waals surface area contributed by atoms with Gasteiger partial charge in [0.15, 0.2) is 0 Å². The molecule has 0 bridgehead atoms. The summed E-state index contributed by atoms with van der Waals surface area (Å²) in [6.45, 7) is 9.08. The lowest BCUT2D eigenvalue weighted by Crippen LogP contribution is -2.34. The second-order valence-corrected chi connectivity index (χ2v) is 10.9. The third kappa shape index (κ3) is 4.84. The zero-order valence-electron chi connectivity index (χ0n) is 19.2. The molecule has 1 aliphatic heterocycles. The molecule has 172 valence electrons. The molecule has 0 spiro atoms. The van der Waals surface area contributed by atoms with Crippen LogP contribution in [0.4, 0.5) is 5.69 Å². The van der Waals surface area contributed by atoms with Crippen molar-refractivity contribution in [1.29, 1.82) is 0 Å². The fourth-order valence-corrected chi connectivity index (χ4v) is 5.90. The van der Waals surface area contributed by atoms with Gasteiger partial charge in [0.1, 0.15) is 0 Å². The Bertz CT molecular complexity index is 1150. The summed E-state index contributed by atoms with van der Waals surface area (Å²) in [5.41, 5.74) is 3.57. The van der Waals surface area contributed by atoms with Crippen LogP contribution in [0.25, 0.3) is 11.0 Å². The van der Waals surface area contributed by atoms with Crippen LogP contribution in [0.3, 0.4) is 0 Å². The molecule has 0 amide bonds. The molecule has 0 aliphatic carbocycles. The fourth-order valence-electron chi connectivity index (χ4n) is 4.26. The van der Waals surface area contributed by atoms with Gasteiger partial charge in [-0.05, 0) is 67.0 Å². The standard InChI is InChI=1S/C25H33N3O3S/c1-4-20-5-7-22(8-6-20)28(16-19(2)3)32(29,30)23-9-10-25-24(15-23)26-18-27(25)17-21-11-13-31-14-12-21/h5-10,15,18-19,21H,4,11-14,16-17H2,1-3H3. The van der Waals surface area contributed by atoms with E-state index in [1.165, 1.54) is 9.87 Å². The summed E-state index contributed by atoms with van der Waals surface area (Å²) in [5.74, 6) is 0.759. The molecule has 0 N–H and O–H groups in total. The van der Waals surface area contributed by atoms with Gasteiger partial charge in [-0.1, -0.05) is 32.9 Å². The molecular formula is C25H33N3O3S. The van der Waals surface area contributed by atoms with Gasteiger partial charge in [-0.15, -0.1) is 0 Å². The Morgan fingerprint density at radius 1 is 1.12 bits per heavy atom. The highest BCUT2D eigenvalue weighted by molar-refractivity contribution is 7.92. The first-order valence-electron chi connectivity index (χ1n) is 11.5. The third-order valence-electron chi connectivity index (χ3n) is 6.14. The van der Waals surface area contributed by atoms with Gasteiger partial charge in [-0.25, -0.2) is 13.4 Å². The van der Waals surface area contributed by atoms with Crippen LogP contribution in [0.1, 0.15) is 39.2 Å². The van der Waals surface area contributed by atoms with E-state index in [0.29, 0.717) is 23.7 Å². The van der Waals surface area contributed by atoms with Gasteiger partial charge in [0.25, 0.3) is 10.0 Å². The summed E-state index contributed by atoms with van der Waals surface area (Å²) in [6, 6.07) is 13.1. The summed E-state index contributed by atoms with van der Waals surface area (Å²) >= 11 is 0. The summed E-state index contributed by atoms with van der Waals surface area (Å²) in [4.78, 5) is 4.80. The van der Waals surface area contributed by atoms with Gasteiger partial charge in [0, 0.05) is 26.3 Å². The van der Waals surface area contributed by atoms with E-state index >= 15 is 0 Å². The molecule has 1 saturated heterocycles. The van der Waals surface area contributed by atoms with Crippen molar-refractivity contribution in [3.8, 4) is 0 Å². The number of aromatic nitrogens is 2. The lowest BCUT2D eigenvalue weighted by molar-refractivity contribution is 0.0616. The first-order chi connectivity index (χ1) is 15.4. The summed E-state index contributed by atoms with van der Waals surface area (Å²) < 4.78 is 36.5. The number of ether oxygens (including phenoxy) is 1. The van der Waals surface area contributed by atoms with E-state index in [1.807, 2.05) is 50.5 Å². The first-order valence-corrected chi connectivity index (χ1v) is 13.0. The van der Waals surface area contributed by atoms with E-state index in [-0.39, 0.29) is 10.8 Å². The van der Waals surface area contributed by atoms with Crippen LogP contribution in [-0.2, 0) is 27.7 Å². The van der Waals surface area contributed by atoms with Gasteiger partial charge in [0.05, 0.1) is 27.9 Å². The normalized spacial score (nSPS) is 15.5. The second-order valence-electron chi connectivity index (χ2n) is 9.05. The van der Waals surface area contributed by atoms with Crippen LogP contribution in [0.5, 0.6) is 0 Å². The molecule has 4 rings (SSSR count). The molecule has 0 saturated carbocycles. The van der Waals surface area contributed by atoms with Crippen LogP contribution in [0.2, 0.25) is 0 Å². The molecule has 0 atom stereocenters. The molecule has 0 radical (unpaired) electrons. The van der Waals surface area contributed by atoms with Crippen molar-refractivity contribution >= 4 is 26.7 Å². The van der Waals surface area contributed by atoms with Crippen LogP contribution in [0.15, 0.2) is 53.7 Å². The predicted molar refractivity (Wildman–Crippen MR) is 128 cm³/mol. The lowest BCUT2D eigenvalue weighted by atomic mass is 10.0. The monoisotopic (exact) mass is 455 g/mol. The van der Waals surface area contributed by atoms with Crippen LogP contribution >= 0.6 is 0 Å². The minimum absolute atomic E-state index is 0.193. The van der Waals surface area contributed by atoms with Gasteiger partial charge in [-0.2, -0.15) is 0 Å². The Kier molecular flexibility index (Phi) is 6.86. The fraction of sp³-hybridized carbons (Fsp3) is 0.480. The molecule has 1 aromatic heterocycles. The van der Waals surface area contributed by atoms with Crippen molar-refractivity contribution in [3.63, 3.8) is 0 Å². The largest absolute Gasteiger partial charge is 0.381 e. The average Bonchev–Trinajstić information content (AvgIpc) is 3.20. The molecule has 7 heteroatoms. The maximum atomic E-state index is 13.7. The first kappa shape index (κ1) is 22.8. The summed E-state index contributed by atoms with van der Waals surface area (Å²) in [5, 5.41) is 0. The number of rotatable bonds is 8. The van der Waals surface area contributed by atoms with E-state index in [0.717, 1.165) is 44.5 Å². The number of anilines is 1. The molecular weight excluding hydrogens is 422 g/mol. The summed E-state index contributed by atoms with van der Waals surface area (Å²) in [7, 11) is -3.71. The van der Waals surface area contributed by atoms with E-state index < -0.39 is 10.0 Å². The zero-order valence-corrected chi connectivity index (χ0v) is 20.0. The summed E-state index contributed by atoms with van der Waals surface area (Å²) in [6.07, 6.45) is 4.84. The number of sulfonamides is 1. The van der Waals surface area contributed by atoms with Crippen molar-refractivity contribution in [2.45, 2.75) is 51.5 Å². The molecule has 6 nitrogen and oxygen atoms in total. The van der Waals surface area contributed by atoms with E-state index in [9.17, 15) is 8.42 Å². The van der Waals surface area contributed by atoms with E-state index in [4.69, 9.17) is 4.74 Å². The smallest absolute Gasteiger partial charge is 0.264 e. The Balaban J connectivity index is 1.65. The van der Waals surface area contributed by atoms with E-state index in [1.54, 1.807) is 12.1 Å². The highest BCUT2D eigenvalue weighted by Crippen LogP contribution is 2.28. The van der Waals surface area contributed by atoms with Gasteiger partial charge in [-0.3, -0.25) is 4.31 Å². The highest BCUT2D eigenvalue weighted by atomic mass is 32.2. The predicted octanol–water partition coefficient (Wildman–Crippen LogP) is 4.88. The number of benzene rings is 2. The van der Waals surface area contributed by atoms with Crippen molar-refractivity contribution in [2.75, 3.05) is 24.1 Å². The van der Waals surface area contributed by atoms with E-state index in [2.05, 4.69) is 16.5 Å². The molecule has 2 aromatic carbocycles. The van der Waals surface area contributed by atoms with Crippen molar-refractivity contribution < 1.29 is 13.2 Å². The Hall–Kier alpha value is -2.38. The average molecular weight is 456 g/mol. The van der Waals surface area contributed by atoms with Crippen LogP contribution in [-0.4, -0.2) is 37.7 Å². The highest BCUT2D eigenvalue weighted by Gasteiger charge is 2.26. The molecule has 32 heavy (non-hydrogen) atoms. The van der Waals surface area contributed by atoms with Gasteiger partial charge < -0.3 is 9.30 Å². The van der Waals surface area contributed by atoms with Crippen molar-refractivity contribution in [1.82, 2.24) is 9.55 Å². The number of aryl methyl sites for hydroxylation is 1. The number of hydrogen-bond donors (Lipinski definition) is 0. The Labute approximate surface area is 191 Å². The number of fused-ring (bicyclic) bond motifs is 1. The number of nitrogens with zero attached hydrogens (tertiary/aromatic N) is 3. The zero-order chi connectivity index (χ0) is 22.7. The molecule has 0 unspecified atom stereocenters. The quantitative estimate of drug-likeness (QED) is 0.486. The van der Waals surface area contributed by atoms with Crippen LogP contribution < -0.4 is 4.31 Å². The number of hydrogen-bond acceptors (Lipinski definition) is 4. The maximum absolute atomic E-state index is 13.7. The molecule has 1 aliphatic rings. The van der Waals surface area contributed by atoms with Crippen molar-refractivity contribution in [3.05, 3.63) is 54.4 Å². The Morgan fingerprint density at radius 3 is 2.50 bits per heavy atom. The van der Waals surface area contributed by atoms with Crippen molar-refractivity contribution in [2.24, 2.45) is 11.8 Å².